The van der Waals surface area contributed by atoms with Gasteiger partial charge in [-0.25, -0.2) is 0 Å². The summed E-state index contributed by atoms with van der Waals surface area (Å²) in [5.74, 6) is 0. The molecule has 0 saturated carbocycles. The lowest BCUT2D eigenvalue weighted by Crippen LogP contribution is -1.76. The fourth-order valence-corrected chi connectivity index (χ4v) is 1.35. The van der Waals surface area contributed by atoms with Gasteiger partial charge in [-0.2, -0.15) is 0 Å². The Morgan fingerprint density at radius 2 is 2.11 bits per heavy atom. The van der Waals surface area contributed by atoms with E-state index in [-0.39, 0.29) is 0 Å². The van der Waals surface area contributed by atoms with E-state index in [0.29, 0.717) is 0 Å². The molecule has 1 atom stereocenters. The van der Waals surface area contributed by atoms with Crippen molar-refractivity contribution >= 4 is 8.58 Å². The maximum Gasteiger partial charge on any atom is 0.0270 e. The summed E-state index contributed by atoms with van der Waals surface area (Å²) in [6, 6.07) is 4.13. The summed E-state index contributed by atoms with van der Waals surface area (Å²) in [6.07, 6.45) is 4.88. The van der Waals surface area contributed by atoms with Gasteiger partial charge in [0.05, 0.1) is 0 Å². The highest BCUT2D eigenvalue weighted by Crippen LogP contribution is 2.11. The Balaban J connectivity index is 2.61. The molecule has 0 radical (unpaired) electrons. The van der Waals surface area contributed by atoms with E-state index >= 15 is 0 Å². The van der Waals surface area contributed by atoms with Crippen molar-refractivity contribution < 1.29 is 0 Å². The molecule has 0 N–H and O–H groups in total. The third kappa shape index (κ3) is 2.11. The van der Waals surface area contributed by atoms with Crippen LogP contribution in [0.2, 0.25) is 0 Å². The number of pyridine rings is 1. The lowest BCUT2D eigenvalue weighted by atomic mass is 10.3. The minimum absolute atomic E-state index is 1.01. The molecule has 1 rings (SSSR count). The molecule has 0 fully saturated rings. The SMILES string of the molecule is CPCc1ccncc1. The normalized spacial score (nSPS) is 10.8. The van der Waals surface area contributed by atoms with Crippen LogP contribution in [0.15, 0.2) is 24.5 Å². The molecule has 48 valence electrons. The fourth-order valence-electron chi connectivity index (χ4n) is 0.705. The van der Waals surface area contributed by atoms with E-state index in [0.717, 1.165) is 8.58 Å². The zero-order valence-electron chi connectivity index (χ0n) is 5.46. The first-order chi connectivity index (χ1) is 4.43. The van der Waals surface area contributed by atoms with E-state index in [9.17, 15) is 0 Å². The van der Waals surface area contributed by atoms with Crippen molar-refractivity contribution in [2.45, 2.75) is 6.16 Å². The third-order valence-corrected chi connectivity index (χ3v) is 1.89. The van der Waals surface area contributed by atoms with Crippen molar-refractivity contribution in [2.24, 2.45) is 0 Å². The van der Waals surface area contributed by atoms with E-state index in [1.54, 1.807) is 0 Å². The molecule has 0 aliphatic rings. The number of aromatic nitrogens is 1. The Bertz CT molecular complexity index is 162. The first-order valence-corrected chi connectivity index (χ1v) is 4.67. The third-order valence-electron chi connectivity index (χ3n) is 1.13. The molecule has 0 bridgehead atoms. The van der Waals surface area contributed by atoms with Gasteiger partial charge in [-0.1, -0.05) is 0 Å². The Kier molecular flexibility index (Phi) is 2.66. The van der Waals surface area contributed by atoms with Crippen molar-refractivity contribution in [1.82, 2.24) is 4.98 Å². The molecule has 0 aliphatic heterocycles. The van der Waals surface area contributed by atoms with Crippen LogP contribution >= 0.6 is 8.58 Å². The second-order valence-electron chi connectivity index (χ2n) is 1.89. The predicted molar refractivity (Wildman–Crippen MR) is 42.2 cm³/mol. The number of hydrogen-bond donors (Lipinski definition) is 0. The number of hydrogen-bond acceptors (Lipinski definition) is 1. The van der Waals surface area contributed by atoms with Gasteiger partial charge in [0.15, 0.2) is 0 Å². The second kappa shape index (κ2) is 3.58. The topological polar surface area (TPSA) is 12.9 Å². The number of nitrogens with zero attached hydrogens (tertiary/aromatic N) is 1. The first kappa shape index (κ1) is 6.70. The van der Waals surface area contributed by atoms with Gasteiger partial charge in [0.25, 0.3) is 0 Å². The lowest BCUT2D eigenvalue weighted by molar-refractivity contribution is 1.27. The lowest BCUT2D eigenvalue weighted by Gasteiger charge is -1.93. The van der Waals surface area contributed by atoms with Gasteiger partial charge in [0.1, 0.15) is 0 Å². The van der Waals surface area contributed by atoms with Crippen LogP contribution in [0.3, 0.4) is 0 Å². The van der Waals surface area contributed by atoms with Crippen molar-refractivity contribution in [2.75, 3.05) is 6.66 Å². The van der Waals surface area contributed by atoms with Crippen LogP contribution in [-0.4, -0.2) is 11.6 Å². The molecule has 1 aromatic rings. The summed E-state index contributed by atoms with van der Waals surface area (Å²) in [7, 11) is 1.01. The summed E-state index contributed by atoms with van der Waals surface area (Å²) < 4.78 is 0. The highest BCUT2D eigenvalue weighted by molar-refractivity contribution is 7.36. The first-order valence-electron chi connectivity index (χ1n) is 2.97. The van der Waals surface area contributed by atoms with Crippen LogP contribution in [0.25, 0.3) is 0 Å². The molecule has 1 nitrogen and oxygen atoms in total. The van der Waals surface area contributed by atoms with E-state index < -0.39 is 0 Å². The minimum atomic E-state index is 1.01. The van der Waals surface area contributed by atoms with Crippen molar-refractivity contribution in [3.05, 3.63) is 30.1 Å². The molecular formula is C7H10NP. The molecule has 0 aliphatic carbocycles. The summed E-state index contributed by atoms with van der Waals surface area (Å²) in [4.78, 5) is 3.93. The molecule has 0 aromatic carbocycles. The molecule has 1 heterocycles. The quantitative estimate of drug-likeness (QED) is 0.570. The van der Waals surface area contributed by atoms with Crippen molar-refractivity contribution in [1.29, 1.82) is 0 Å². The van der Waals surface area contributed by atoms with Gasteiger partial charge in [0.2, 0.25) is 0 Å². The minimum Gasteiger partial charge on any atom is -0.265 e. The van der Waals surface area contributed by atoms with Crippen LogP contribution in [0.5, 0.6) is 0 Å². The standard InChI is InChI=1S/C7H10NP/c1-9-6-7-2-4-8-5-3-7/h2-5,9H,6H2,1H3. The summed E-state index contributed by atoms with van der Waals surface area (Å²) >= 11 is 0. The van der Waals surface area contributed by atoms with Gasteiger partial charge in [-0.15, -0.1) is 8.58 Å². The maximum atomic E-state index is 3.93. The Labute approximate surface area is 57.3 Å². The van der Waals surface area contributed by atoms with Gasteiger partial charge < -0.3 is 0 Å². The van der Waals surface area contributed by atoms with E-state index in [2.05, 4.69) is 23.8 Å². The van der Waals surface area contributed by atoms with E-state index in [4.69, 9.17) is 0 Å². The van der Waals surface area contributed by atoms with Crippen LogP contribution in [0.4, 0.5) is 0 Å². The Hall–Kier alpha value is -0.420. The average Bonchev–Trinajstić information content (AvgIpc) is 1.91. The Morgan fingerprint density at radius 1 is 1.44 bits per heavy atom. The fraction of sp³-hybridized carbons (Fsp3) is 0.286. The second-order valence-corrected chi connectivity index (χ2v) is 2.95. The van der Waals surface area contributed by atoms with Crippen LogP contribution in [0, 0.1) is 0 Å². The smallest absolute Gasteiger partial charge is 0.0270 e. The molecule has 0 saturated heterocycles. The number of rotatable bonds is 2. The molecule has 9 heavy (non-hydrogen) atoms. The zero-order chi connectivity index (χ0) is 6.53. The molecule has 2 heteroatoms. The van der Waals surface area contributed by atoms with Gasteiger partial charge >= 0.3 is 0 Å². The maximum absolute atomic E-state index is 3.93. The zero-order valence-corrected chi connectivity index (χ0v) is 6.46. The van der Waals surface area contributed by atoms with Gasteiger partial charge in [-0.3, -0.25) is 4.98 Å². The largest absolute Gasteiger partial charge is 0.265 e. The van der Waals surface area contributed by atoms with Crippen LogP contribution < -0.4 is 0 Å². The van der Waals surface area contributed by atoms with Crippen LogP contribution in [0.1, 0.15) is 5.56 Å². The van der Waals surface area contributed by atoms with Crippen LogP contribution in [-0.2, 0) is 6.16 Å². The van der Waals surface area contributed by atoms with E-state index in [1.807, 2.05) is 12.4 Å². The highest BCUT2D eigenvalue weighted by atomic mass is 31.1. The van der Waals surface area contributed by atoms with Crippen molar-refractivity contribution in [3.63, 3.8) is 0 Å². The molecule has 0 spiro atoms. The molecule has 1 aromatic heterocycles. The molecule has 0 amide bonds. The van der Waals surface area contributed by atoms with Gasteiger partial charge in [0, 0.05) is 12.4 Å². The highest BCUT2D eigenvalue weighted by Gasteiger charge is 1.85. The molecular weight excluding hydrogens is 129 g/mol. The summed E-state index contributed by atoms with van der Waals surface area (Å²) in [5, 5.41) is 0. The van der Waals surface area contributed by atoms with E-state index in [1.165, 1.54) is 11.7 Å². The summed E-state index contributed by atoms with van der Waals surface area (Å²) in [5.41, 5.74) is 1.39. The van der Waals surface area contributed by atoms with Gasteiger partial charge in [-0.05, 0) is 30.5 Å². The molecule has 1 unspecified atom stereocenters. The van der Waals surface area contributed by atoms with Crippen molar-refractivity contribution in [3.8, 4) is 0 Å². The Morgan fingerprint density at radius 3 is 2.67 bits per heavy atom. The average molecular weight is 139 g/mol. The summed E-state index contributed by atoms with van der Waals surface area (Å²) in [6.45, 7) is 2.21. The predicted octanol–water partition coefficient (Wildman–Crippen LogP) is 1.89. The monoisotopic (exact) mass is 139 g/mol.